The molecule has 4 N–H and O–H groups in total. The van der Waals surface area contributed by atoms with Crippen molar-refractivity contribution in [2.75, 3.05) is 12.3 Å². The van der Waals surface area contributed by atoms with Crippen LogP contribution in [0.25, 0.3) is 10.1 Å². The van der Waals surface area contributed by atoms with Gasteiger partial charge in [0.1, 0.15) is 4.88 Å². The number of halogens is 1. The first kappa shape index (κ1) is 15.6. The molecule has 0 aliphatic carbocycles. The van der Waals surface area contributed by atoms with Gasteiger partial charge in [-0.1, -0.05) is 17.7 Å². The molecule has 0 spiro atoms. The molecule has 5 nitrogen and oxygen atoms in total. The maximum atomic E-state index is 12.1. The van der Waals surface area contributed by atoms with Gasteiger partial charge in [0.25, 0.3) is 5.91 Å². The predicted octanol–water partition coefficient (Wildman–Crippen LogP) is 2.39. The van der Waals surface area contributed by atoms with E-state index in [9.17, 15) is 9.59 Å². The molecule has 7 heteroatoms. The van der Waals surface area contributed by atoms with Gasteiger partial charge in [-0.05, 0) is 26.0 Å². The van der Waals surface area contributed by atoms with Crippen LogP contribution in [0.3, 0.4) is 0 Å². The molecular weight excluding hydrogens is 310 g/mol. The molecule has 0 aliphatic rings. The molecule has 21 heavy (non-hydrogen) atoms. The van der Waals surface area contributed by atoms with Crippen molar-refractivity contribution < 1.29 is 9.59 Å². The van der Waals surface area contributed by atoms with Gasteiger partial charge in [-0.3, -0.25) is 9.59 Å². The fraction of sp³-hybridized carbons (Fsp3) is 0.286. The van der Waals surface area contributed by atoms with Crippen LogP contribution in [0.2, 0.25) is 5.02 Å². The molecule has 0 atom stereocenters. The van der Waals surface area contributed by atoms with Gasteiger partial charge in [-0.15, -0.1) is 11.3 Å². The molecule has 0 radical (unpaired) electrons. The minimum Gasteiger partial charge on any atom is -0.397 e. The number of hydrogen-bond donors (Lipinski definition) is 3. The number of amides is 2. The van der Waals surface area contributed by atoms with Crippen molar-refractivity contribution >= 4 is 50.5 Å². The van der Waals surface area contributed by atoms with Crippen molar-refractivity contribution in [1.29, 1.82) is 0 Å². The maximum Gasteiger partial charge on any atom is 0.263 e. The van der Waals surface area contributed by atoms with Crippen molar-refractivity contribution in [1.82, 2.24) is 10.6 Å². The third-order valence-corrected chi connectivity index (χ3v) is 4.25. The Bertz CT molecular complexity index is 697. The Labute approximate surface area is 131 Å². The van der Waals surface area contributed by atoms with Crippen LogP contribution in [0.5, 0.6) is 0 Å². The van der Waals surface area contributed by atoms with Gasteiger partial charge >= 0.3 is 0 Å². The fourth-order valence-corrected chi connectivity index (χ4v) is 3.31. The first-order chi connectivity index (χ1) is 9.90. The van der Waals surface area contributed by atoms with E-state index in [1.165, 1.54) is 11.3 Å². The van der Waals surface area contributed by atoms with Crippen LogP contribution in [0, 0.1) is 0 Å². The van der Waals surface area contributed by atoms with Gasteiger partial charge < -0.3 is 16.4 Å². The van der Waals surface area contributed by atoms with Crippen LogP contribution in [0.15, 0.2) is 18.2 Å². The second-order valence-electron chi connectivity index (χ2n) is 4.86. The summed E-state index contributed by atoms with van der Waals surface area (Å²) in [5.74, 6) is -0.611. The molecule has 2 aromatic rings. The van der Waals surface area contributed by atoms with E-state index in [-0.39, 0.29) is 24.4 Å². The van der Waals surface area contributed by atoms with Crippen molar-refractivity contribution in [2.24, 2.45) is 0 Å². The lowest BCUT2D eigenvalue weighted by Crippen LogP contribution is -2.39. The molecule has 1 aromatic heterocycles. The van der Waals surface area contributed by atoms with Gasteiger partial charge in [-0.2, -0.15) is 0 Å². The summed E-state index contributed by atoms with van der Waals surface area (Å²) in [6.07, 6.45) is 0. The van der Waals surface area contributed by atoms with E-state index >= 15 is 0 Å². The molecule has 1 heterocycles. The molecule has 0 fully saturated rings. The van der Waals surface area contributed by atoms with Crippen LogP contribution >= 0.6 is 22.9 Å². The molecule has 1 aromatic carbocycles. The van der Waals surface area contributed by atoms with E-state index in [1.54, 1.807) is 12.1 Å². The number of nitrogen functional groups attached to an aromatic ring is 1. The molecule has 112 valence electrons. The van der Waals surface area contributed by atoms with E-state index < -0.39 is 0 Å². The van der Waals surface area contributed by atoms with Crippen molar-refractivity contribution in [3.05, 3.63) is 28.1 Å². The third-order valence-electron chi connectivity index (χ3n) is 2.77. The molecule has 0 aliphatic heterocycles. The fourth-order valence-electron chi connectivity index (χ4n) is 1.91. The second kappa shape index (κ2) is 6.32. The Morgan fingerprint density at radius 2 is 2.10 bits per heavy atom. The predicted molar refractivity (Wildman–Crippen MR) is 86.9 cm³/mol. The summed E-state index contributed by atoms with van der Waals surface area (Å²) in [5.41, 5.74) is 6.34. The lowest BCUT2D eigenvalue weighted by molar-refractivity contribution is -0.120. The zero-order valence-corrected chi connectivity index (χ0v) is 13.3. The molecule has 0 saturated heterocycles. The smallest absolute Gasteiger partial charge is 0.263 e. The average molecular weight is 326 g/mol. The molecule has 2 rings (SSSR count). The largest absolute Gasteiger partial charge is 0.397 e. The number of fused-ring (bicyclic) bond motifs is 1. The van der Waals surface area contributed by atoms with Crippen LogP contribution in [0.4, 0.5) is 5.69 Å². The summed E-state index contributed by atoms with van der Waals surface area (Å²) >= 11 is 7.35. The minimum absolute atomic E-state index is 0.0302. The van der Waals surface area contributed by atoms with Crippen molar-refractivity contribution in [3.8, 4) is 0 Å². The van der Waals surface area contributed by atoms with Gasteiger partial charge in [0.05, 0.1) is 17.3 Å². The number of thiophene rings is 1. The highest BCUT2D eigenvalue weighted by Crippen LogP contribution is 2.37. The van der Waals surface area contributed by atoms with Gasteiger partial charge in [-0.25, -0.2) is 0 Å². The van der Waals surface area contributed by atoms with Gasteiger partial charge in [0.15, 0.2) is 0 Å². The summed E-state index contributed by atoms with van der Waals surface area (Å²) in [6, 6.07) is 5.41. The second-order valence-corrected chi connectivity index (χ2v) is 6.32. The first-order valence-corrected chi connectivity index (χ1v) is 7.63. The van der Waals surface area contributed by atoms with Crippen LogP contribution in [0.1, 0.15) is 23.5 Å². The van der Waals surface area contributed by atoms with Crippen molar-refractivity contribution in [3.63, 3.8) is 0 Å². The zero-order chi connectivity index (χ0) is 15.6. The minimum atomic E-state index is -0.372. The lowest BCUT2D eigenvalue weighted by atomic mass is 10.2. The van der Waals surface area contributed by atoms with E-state index in [1.807, 2.05) is 19.9 Å². The Balaban J connectivity index is 2.15. The quantitative estimate of drug-likeness (QED) is 0.807. The SMILES string of the molecule is CC(C)NC(=O)CNC(=O)c1sc2cccc(Cl)c2c1N. The topological polar surface area (TPSA) is 84.2 Å². The maximum absolute atomic E-state index is 12.1. The summed E-state index contributed by atoms with van der Waals surface area (Å²) in [5, 5.41) is 6.45. The number of carbonyl (C=O) groups excluding carboxylic acids is 2. The highest BCUT2D eigenvalue weighted by molar-refractivity contribution is 7.21. The molecule has 0 saturated carbocycles. The van der Waals surface area contributed by atoms with Crippen LogP contribution in [-0.4, -0.2) is 24.4 Å². The van der Waals surface area contributed by atoms with E-state index in [0.717, 1.165) is 4.70 Å². The number of rotatable bonds is 4. The van der Waals surface area contributed by atoms with Crippen LogP contribution < -0.4 is 16.4 Å². The molecule has 0 unspecified atom stereocenters. The number of benzene rings is 1. The Hall–Kier alpha value is -1.79. The number of hydrogen-bond acceptors (Lipinski definition) is 4. The summed E-state index contributed by atoms with van der Waals surface area (Å²) < 4.78 is 0.844. The van der Waals surface area contributed by atoms with E-state index in [0.29, 0.717) is 21.0 Å². The highest BCUT2D eigenvalue weighted by Gasteiger charge is 2.18. The van der Waals surface area contributed by atoms with Gasteiger partial charge in [0.2, 0.25) is 5.91 Å². The van der Waals surface area contributed by atoms with E-state index in [2.05, 4.69) is 10.6 Å². The molecular formula is C14H16ClN3O2S. The Morgan fingerprint density at radius 3 is 2.71 bits per heavy atom. The summed E-state index contributed by atoms with van der Waals surface area (Å²) in [7, 11) is 0. The molecule has 2 amide bonds. The number of carbonyl (C=O) groups is 2. The number of nitrogens with two attached hydrogens (primary N) is 1. The monoisotopic (exact) mass is 325 g/mol. The van der Waals surface area contributed by atoms with Crippen LogP contribution in [-0.2, 0) is 4.79 Å². The molecule has 0 bridgehead atoms. The zero-order valence-electron chi connectivity index (χ0n) is 11.7. The Morgan fingerprint density at radius 1 is 1.38 bits per heavy atom. The average Bonchev–Trinajstić information content (AvgIpc) is 2.74. The van der Waals surface area contributed by atoms with Gasteiger partial charge in [0, 0.05) is 16.1 Å². The summed E-state index contributed by atoms with van der Waals surface area (Å²) in [6.45, 7) is 3.62. The van der Waals surface area contributed by atoms with Crippen molar-refractivity contribution in [2.45, 2.75) is 19.9 Å². The van der Waals surface area contributed by atoms with E-state index in [4.69, 9.17) is 17.3 Å². The lowest BCUT2D eigenvalue weighted by Gasteiger charge is -2.08. The Kier molecular flexibility index (Phi) is 4.69. The normalized spacial score (nSPS) is 10.9. The first-order valence-electron chi connectivity index (χ1n) is 6.44. The summed E-state index contributed by atoms with van der Waals surface area (Å²) in [4.78, 5) is 24.0. The standard InChI is InChI=1S/C14H16ClN3O2S/c1-7(2)18-10(19)6-17-14(20)13-12(16)11-8(15)4-3-5-9(11)21-13/h3-5,7H,6,16H2,1-2H3,(H,17,20)(H,18,19). The highest BCUT2D eigenvalue weighted by atomic mass is 35.5. The number of nitrogens with one attached hydrogen (secondary N) is 2. The number of anilines is 1. The third kappa shape index (κ3) is 3.46.